The predicted octanol–water partition coefficient (Wildman–Crippen LogP) is 4.66. The molecule has 0 aromatic carbocycles. The summed E-state index contributed by atoms with van der Waals surface area (Å²) in [5, 5.41) is 9.41. The molecule has 30 heavy (non-hydrogen) atoms. The van der Waals surface area contributed by atoms with Crippen LogP contribution in [0.3, 0.4) is 0 Å². The van der Waals surface area contributed by atoms with Crippen LogP contribution in [-0.4, -0.2) is 69.7 Å². The van der Waals surface area contributed by atoms with E-state index < -0.39 is 26.5 Å². The number of hydrogen-bond donors (Lipinski definition) is 3. The van der Waals surface area contributed by atoms with Gasteiger partial charge in [-0.05, 0) is 32.1 Å². The molecule has 0 bridgehead atoms. The topological polar surface area (TPSA) is 113 Å². The van der Waals surface area contributed by atoms with E-state index in [2.05, 4.69) is 23.6 Å². The molecule has 0 amide bonds. The normalized spacial score (nSPS) is 12.7. The van der Waals surface area contributed by atoms with Gasteiger partial charge in [0.15, 0.2) is 0 Å². The van der Waals surface area contributed by atoms with E-state index in [9.17, 15) is 14.5 Å². The van der Waals surface area contributed by atoms with Crippen LogP contribution in [0.2, 0.25) is 0 Å². The number of phosphoric acid groups is 1. The maximum Gasteiger partial charge on any atom is 0.469 e. The summed E-state index contributed by atoms with van der Waals surface area (Å²) in [5.41, 5.74) is 0. The molecule has 0 aliphatic heterocycles. The van der Waals surface area contributed by atoms with E-state index in [-0.39, 0.29) is 42.6 Å². The molecule has 0 aliphatic carbocycles. The molecule has 1 atom stereocenters. The van der Waals surface area contributed by atoms with Crippen molar-refractivity contribution in [3.63, 3.8) is 0 Å². The monoisotopic (exact) mass is 459 g/mol. The number of allylic oxidation sites excluding steroid dienone is 2. The predicted molar refractivity (Wildman–Crippen MR) is 120 cm³/mol. The first-order valence-corrected chi connectivity index (χ1v) is 12.6. The molecule has 0 spiro atoms. The van der Waals surface area contributed by atoms with Crippen LogP contribution in [0.4, 0.5) is 0 Å². The van der Waals surface area contributed by atoms with E-state index in [1.54, 1.807) is 0 Å². The minimum absolute atomic E-state index is 0. The van der Waals surface area contributed by atoms with Gasteiger partial charge < -0.3 is 19.6 Å². The van der Waals surface area contributed by atoms with Crippen LogP contribution < -0.4 is 0 Å². The molecule has 9 heteroatoms. The first kappa shape index (κ1) is 32.5. The number of unbranched alkanes of at least 4 members (excludes halogenated alkanes) is 11. The fourth-order valence-corrected chi connectivity index (χ4v) is 3.20. The van der Waals surface area contributed by atoms with Crippen molar-refractivity contribution >= 4 is 43.3 Å². The molecule has 0 aromatic heterocycles. The number of aliphatic hydroxyl groups is 1. The quantitative estimate of drug-likeness (QED) is 0.0798. The molecule has 0 heterocycles. The molecule has 0 rings (SSSR count). The Morgan fingerprint density at radius 1 is 0.867 bits per heavy atom. The second kappa shape index (κ2) is 22.5. The van der Waals surface area contributed by atoms with Crippen LogP contribution in [0.5, 0.6) is 0 Å². The molecule has 0 aromatic rings. The Balaban J connectivity index is 0. The summed E-state index contributed by atoms with van der Waals surface area (Å²) < 4.78 is 19.5. The third kappa shape index (κ3) is 26.3. The van der Waals surface area contributed by atoms with Crippen molar-refractivity contribution in [3.8, 4) is 0 Å². The first-order valence-electron chi connectivity index (χ1n) is 11.0. The van der Waals surface area contributed by atoms with Gasteiger partial charge in [-0.25, -0.2) is 4.57 Å². The zero-order valence-electron chi connectivity index (χ0n) is 19.0. The summed E-state index contributed by atoms with van der Waals surface area (Å²) in [4.78, 5) is 28.6. The fourth-order valence-electron chi connectivity index (χ4n) is 2.83. The molecule has 0 aliphatic rings. The van der Waals surface area contributed by atoms with Crippen LogP contribution in [0, 0.1) is 0 Å². The Morgan fingerprint density at radius 2 is 1.37 bits per heavy atom. The molecule has 0 unspecified atom stereocenters. The average Bonchev–Trinajstić information content (AvgIpc) is 2.67. The number of rotatable bonds is 20. The second-order valence-electron chi connectivity index (χ2n) is 7.46. The van der Waals surface area contributed by atoms with Gasteiger partial charge >= 0.3 is 13.8 Å². The molecule has 0 fully saturated rings. The number of esters is 1. The molecule has 0 saturated heterocycles. The largest absolute Gasteiger partial charge is 0.469 e. The summed E-state index contributed by atoms with van der Waals surface area (Å²) in [7, 11) is -4.62. The number of carbonyl (C=O) groups is 1. The van der Waals surface area contributed by atoms with Gasteiger partial charge in [-0.3, -0.25) is 9.32 Å². The van der Waals surface area contributed by atoms with Gasteiger partial charge in [0.2, 0.25) is 0 Å². The standard InChI is InChI=1S/C21H41O7P.Na/c1-2-3-4-5-6-7-8-9-10-11-12-13-14-15-16-17-21(23)27-18-20(22)19-28-29(24,25)26;/h9-10,20,22H,2-8,11-19H2,1H3,(H2,24,25,26);/b10-9-;/t20-;/m1./s1. The molecule has 3 N–H and O–H groups in total. The zero-order valence-corrected chi connectivity index (χ0v) is 21.9. The van der Waals surface area contributed by atoms with E-state index in [1.165, 1.54) is 51.4 Å². The Kier molecular flexibility index (Phi) is 24.3. The number of aliphatic hydroxyl groups excluding tert-OH is 1. The van der Waals surface area contributed by atoms with Crippen LogP contribution in [0.15, 0.2) is 12.2 Å². The van der Waals surface area contributed by atoms with Crippen LogP contribution in [0.1, 0.15) is 96.8 Å². The summed E-state index contributed by atoms with van der Waals surface area (Å²) in [5.74, 6) is -0.419. The number of carbonyl (C=O) groups excluding carboxylic acids is 1. The molecule has 1 radical (unpaired) electrons. The van der Waals surface area contributed by atoms with Crippen molar-refractivity contribution < 1.29 is 33.5 Å². The molecular weight excluding hydrogens is 418 g/mol. The van der Waals surface area contributed by atoms with Gasteiger partial charge in [-0.1, -0.05) is 70.4 Å². The van der Waals surface area contributed by atoms with E-state index in [1.807, 2.05) is 0 Å². The minimum Gasteiger partial charge on any atom is -0.463 e. The first-order chi connectivity index (χ1) is 13.8. The van der Waals surface area contributed by atoms with Crippen molar-refractivity contribution in [2.75, 3.05) is 13.2 Å². The summed E-state index contributed by atoms with van der Waals surface area (Å²) in [6, 6.07) is 0. The van der Waals surface area contributed by atoms with Gasteiger partial charge in [0.05, 0.1) is 6.61 Å². The van der Waals surface area contributed by atoms with Crippen LogP contribution >= 0.6 is 7.82 Å². The van der Waals surface area contributed by atoms with E-state index in [0.717, 1.165) is 32.1 Å². The third-order valence-electron chi connectivity index (χ3n) is 4.51. The van der Waals surface area contributed by atoms with Crippen molar-refractivity contribution in [3.05, 3.63) is 12.2 Å². The van der Waals surface area contributed by atoms with Gasteiger partial charge in [0.1, 0.15) is 12.7 Å². The molecule has 173 valence electrons. The van der Waals surface area contributed by atoms with Gasteiger partial charge in [0.25, 0.3) is 0 Å². The maximum absolute atomic E-state index is 11.5. The van der Waals surface area contributed by atoms with E-state index >= 15 is 0 Å². The summed E-state index contributed by atoms with van der Waals surface area (Å²) in [6.45, 7) is 1.33. The Labute approximate surface area is 204 Å². The minimum atomic E-state index is -4.62. The van der Waals surface area contributed by atoms with Crippen molar-refractivity contribution in [2.24, 2.45) is 0 Å². The molecule has 7 nitrogen and oxygen atoms in total. The molecular formula is C21H41NaO7P. The summed E-state index contributed by atoms with van der Waals surface area (Å²) >= 11 is 0. The second-order valence-corrected chi connectivity index (χ2v) is 8.70. The number of phosphoric ester groups is 1. The number of ether oxygens (including phenoxy) is 1. The smallest absolute Gasteiger partial charge is 0.463 e. The Morgan fingerprint density at radius 3 is 1.90 bits per heavy atom. The van der Waals surface area contributed by atoms with Crippen LogP contribution in [0.25, 0.3) is 0 Å². The Hall–Kier alpha value is 0.280. The van der Waals surface area contributed by atoms with Crippen molar-refractivity contribution in [1.29, 1.82) is 0 Å². The zero-order chi connectivity index (χ0) is 21.8. The Bertz CT molecular complexity index is 468. The van der Waals surface area contributed by atoms with Crippen LogP contribution in [-0.2, 0) is 18.6 Å². The van der Waals surface area contributed by atoms with Gasteiger partial charge in [-0.15, -0.1) is 0 Å². The van der Waals surface area contributed by atoms with Gasteiger partial charge in [-0.2, -0.15) is 0 Å². The fraction of sp³-hybridized carbons (Fsp3) is 0.857. The SMILES string of the molecule is CCCCCCCC/C=C\CCCCCCCC(=O)OC[C@@H](O)COP(=O)(O)O.[Na]. The third-order valence-corrected chi connectivity index (χ3v) is 5.00. The number of hydrogen-bond acceptors (Lipinski definition) is 5. The van der Waals surface area contributed by atoms with Gasteiger partial charge in [0, 0.05) is 36.0 Å². The van der Waals surface area contributed by atoms with Crippen molar-refractivity contribution in [2.45, 2.75) is 103 Å². The maximum atomic E-state index is 11.5. The summed E-state index contributed by atoms with van der Waals surface area (Å²) in [6.07, 6.45) is 19.0. The average molecular weight is 460 g/mol. The van der Waals surface area contributed by atoms with Crippen molar-refractivity contribution in [1.82, 2.24) is 0 Å². The molecule has 0 saturated carbocycles. The van der Waals surface area contributed by atoms with E-state index in [0.29, 0.717) is 0 Å². The van der Waals surface area contributed by atoms with E-state index in [4.69, 9.17) is 14.5 Å².